The fraction of sp³-hybridized carbons (Fsp3) is 0.0526. The zero-order valence-electron chi connectivity index (χ0n) is 34.5. The Kier molecular flexibility index (Phi) is 10.4. The minimum absolute atomic E-state index is 0.646. The number of fused-ring (bicyclic) bond motifs is 3. The molecule has 1 aliphatic carbocycles. The van der Waals surface area contributed by atoms with Crippen LogP contribution in [-0.2, 0) is 0 Å². The van der Waals surface area contributed by atoms with Crippen molar-refractivity contribution >= 4 is 44.1 Å². The van der Waals surface area contributed by atoms with Crippen molar-refractivity contribution in [1.29, 1.82) is 0 Å². The Balaban J connectivity index is 1.12. The van der Waals surface area contributed by atoms with Gasteiger partial charge in [-0.3, -0.25) is 0 Å². The van der Waals surface area contributed by atoms with E-state index in [2.05, 4.69) is 164 Å². The topological polar surface area (TPSA) is 56.5 Å². The summed E-state index contributed by atoms with van der Waals surface area (Å²) in [5.74, 6) is 1.37. The van der Waals surface area contributed by atoms with Crippen molar-refractivity contribution in [1.82, 2.24) is 24.5 Å². The third kappa shape index (κ3) is 7.76. The molecular formula is C57H43N5. The van der Waals surface area contributed by atoms with Crippen molar-refractivity contribution < 1.29 is 0 Å². The Hall–Kier alpha value is -8.02. The molecule has 9 aromatic rings. The van der Waals surface area contributed by atoms with E-state index in [1.54, 1.807) is 0 Å². The van der Waals surface area contributed by atoms with Crippen LogP contribution in [0.3, 0.4) is 0 Å². The van der Waals surface area contributed by atoms with Gasteiger partial charge in [-0.05, 0) is 90.6 Å². The molecule has 0 atom stereocenters. The van der Waals surface area contributed by atoms with Crippen LogP contribution in [0.2, 0.25) is 0 Å². The average molecular weight is 798 g/mol. The van der Waals surface area contributed by atoms with Crippen molar-refractivity contribution in [2.75, 3.05) is 0 Å². The van der Waals surface area contributed by atoms with Gasteiger partial charge < -0.3 is 4.57 Å². The highest BCUT2D eigenvalue weighted by molar-refractivity contribution is 6.09. The molecular weight excluding hydrogens is 755 g/mol. The number of para-hydroxylation sites is 2. The smallest absolute Gasteiger partial charge is 0.160 e. The van der Waals surface area contributed by atoms with Gasteiger partial charge in [0.15, 0.2) is 11.6 Å². The first-order chi connectivity index (χ1) is 30.6. The summed E-state index contributed by atoms with van der Waals surface area (Å²) in [6.45, 7) is 6.82. The van der Waals surface area contributed by atoms with Gasteiger partial charge in [0, 0.05) is 38.7 Å². The Labute approximate surface area is 362 Å². The van der Waals surface area contributed by atoms with Crippen molar-refractivity contribution in [2.24, 2.45) is 0 Å². The molecule has 0 N–H and O–H groups in total. The second kappa shape index (κ2) is 16.9. The summed E-state index contributed by atoms with van der Waals surface area (Å²) in [5, 5.41) is 2.48. The first-order valence-corrected chi connectivity index (χ1v) is 21.0. The summed E-state index contributed by atoms with van der Waals surface area (Å²) < 4.78 is 2.35. The molecule has 0 unspecified atom stereocenters. The number of rotatable bonds is 10. The molecule has 6 aromatic carbocycles. The van der Waals surface area contributed by atoms with Gasteiger partial charge in [0.1, 0.15) is 0 Å². The van der Waals surface area contributed by atoms with E-state index in [0.717, 1.165) is 91.7 Å². The fourth-order valence-corrected chi connectivity index (χ4v) is 8.21. The largest absolute Gasteiger partial charge is 0.309 e. The molecule has 0 amide bonds. The SMILES string of the molecule is C=C(/C=C(\C=C(/C)c1ccc(-n2c3ccccc3c3ccccc32)cc1)c1cc(-c2ccccc2)nc(-c2ccccc2)n1)c1cc(-c2ccccc2)nc(C2=CC=CCC2)n1. The van der Waals surface area contributed by atoms with Crippen LogP contribution in [0.15, 0.2) is 213 Å². The lowest BCUT2D eigenvalue weighted by Crippen LogP contribution is -2.02. The number of aromatic nitrogens is 5. The monoisotopic (exact) mass is 797 g/mol. The summed E-state index contributed by atoms with van der Waals surface area (Å²) in [7, 11) is 0. The van der Waals surface area contributed by atoms with Crippen LogP contribution >= 0.6 is 0 Å². The maximum Gasteiger partial charge on any atom is 0.160 e. The van der Waals surface area contributed by atoms with Crippen molar-refractivity contribution in [2.45, 2.75) is 19.8 Å². The fourth-order valence-electron chi connectivity index (χ4n) is 8.21. The third-order valence-corrected chi connectivity index (χ3v) is 11.4. The average Bonchev–Trinajstić information content (AvgIpc) is 3.69. The Morgan fingerprint density at radius 2 is 1.08 bits per heavy atom. The quantitative estimate of drug-likeness (QED) is 0.129. The molecule has 0 aliphatic heterocycles. The molecule has 0 bridgehead atoms. The minimum Gasteiger partial charge on any atom is -0.309 e. The highest BCUT2D eigenvalue weighted by Crippen LogP contribution is 2.34. The number of nitrogens with zero attached hydrogens (tertiary/aromatic N) is 5. The van der Waals surface area contributed by atoms with E-state index in [1.165, 1.54) is 21.8 Å². The van der Waals surface area contributed by atoms with Crippen LogP contribution in [0.1, 0.15) is 42.5 Å². The van der Waals surface area contributed by atoms with Gasteiger partial charge in [-0.2, -0.15) is 0 Å². The van der Waals surface area contributed by atoms with Crippen LogP contribution in [0.25, 0.3) is 83.7 Å². The van der Waals surface area contributed by atoms with Crippen molar-refractivity contribution in [3.8, 4) is 39.6 Å². The standard InChI is InChI=1S/C57H43N5/c1-39(41-31-33-47(34-32-41)62-54-29-17-15-27-48(54)49-28-16-18-30-55(49)62)35-46(53-38-52(43-21-9-4-10-22-43)60-57(61-53)45-25-13-6-14-26-45)36-40(2)50-37-51(42-19-7-3-8-20-42)59-56(58-50)44-23-11-5-12-24-44/h3-11,13-23,25-38H,2,12,24H2,1H3/b39-35+,46-36+. The lowest BCUT2D eigenvalue weighted by Gasteiger charge is -2.14. The van der Waals surface area contributed by atoms with Gasteiger partial charge in [-0.1, -0.05) is 164 Å². The summed E-state index contributed by atoms with van der Waals surface area (Å²) in [6.07, 6.45) is 12.6. The predicted octanol–water partition coefficient (Wildman–Crippen LogP) is 14.3. The van der Waals surface area contributed by atoms with Gasteiger partial charge in [0.2, 0.25) is 0 Å². The molecule has 5 heteroatoms. The highest BCUT2D eigenvalue weighted by atomic mass is 15.0. The molecule has 10 rings (SSSR count). The molecule has 0 saturated heterocycles. The normalized spacial score (nSPS) is 13.1. The lowest BCUT2D eigenvalue weighted by atomic mass is 9.98. The molecule has 5 nitrogen and oxygen atoms in total. The first-order valence-electron chi connectivity index (χ1n) is 21.0. The van der Waals surface area contributed by atoms with E-state index in [9.17, 15) is 0 Å². The van der Waals surface area contributed by atoms with Crippen molar-refractivity contribution in [3.63, 3.8) is 0 Å². The van der Waals surface area contributed by atoms with Gasteiger partial charge in [0.05, 0.1) is 33.8 Å². The molecule has 0 spiro atoms. The summed E-state index contributed by atoms with van der Waals surface area (Å²) in [5.41, 5.74) is 14.6. The molecule has 0 fully saturated rings. The minimum atomic E-state index is 0.646. The van der Waals surface area contributed by atoms with Crippen LogP contribution in [0, 0.1) is 0 Å². The van der Waals surface area contributed by atoms with Gasteiger partial charge in [-0.15, -0.1) is 0 Å². The highest BCUT2D eigenvalue weighted by Gasteiger charge is 2.17. The molecule has 3 aromatic heterocycles. The van der Waals surface area contributed by atoms with E-state index in [0.29, 0.717) is 5.82 Å². The summed E-state index contributed by atoms with van der Waals surface area (Å²) >= 11 is 0. The zero-order valence-corrected chi connectivity index (χ0v) is 34.5. The Bertz CT molecular complexity index is 3110. The molecule has 296 valence electrons. The zero-order chi connectivity index (χ0) is 41.8. The third-order valence-electron chi connectivity index (χ3n) is 11.4. The first kappa shape index (κ1) is 38.2. The number of hydrogen-bond donors (Lipinski definition) is 0. The van der Waals surface area contributed by atoms with Gasteiger partial charge >= 0.3 is 0 Å². The van der Waals surface area contributed by atoms with E-state index in [4.69, 9.17) is 19.9 Å². The predicted molar refractivity (Wildman–Crippen MR) is 258 cm³/mol. The molecule has 62 heavy (non-hydrogen) atoms. The number of allylic oxidation sites excluding steroid dienone is 9. The molecule has 1 aliphatic rings. The van der Waals surface area contributed by atoms with E-state index in [1.807, 2.05) is 60.7 Å². The van der Waals surface area contributed by atoms with E-state index in [-0.39, 0.29) is 0 Å². The van der Waals surface area contributed by atoms with Crippen LogP contribution < -0.4 is 0 Å². The van der Waals surface area contributed by atoms with Gasteiger partial charge in [-0.25, -0.2) is 19.9 Å². The lowest BCUT2D eigenvalue weighted by molar-refractivity contribution is 1.00. The number of hydrogen-bond acceptors (Lipinski definition) is 4. The molecule has 0 saturated carbocycles. The molecule has 3 heterocycles. The summed E-state index contributed by atoms with van der Waals surface area (Å²) in [4.78, 5) is 20.6. The second-order valence-corrected chi connectivity index (χ2v) is 15.5. The van der Waals surface area contributed by atoms with Gasteiger partial charge in [0.25, 0.3) is 0 Å². The van der Waals surface area contributed by atoms with Crippen LogP contribution in [0.4, 0.5) is 0 Å². The Morgan fingerprint density at radius 3 is 1.68 bits per heavy atom. The van der Waals surface area contributed by atoms with E-state index >= 15 is 0 Å². The summed E-state index contributed by atoms with van der Waals surface area (Å²) in [6, 6.07) is 60.9. The molecule has 0 radical (unpaired) electrons. The Morgan fingerprint density at radius 1 is 0.548 bits per heavy atom. The van der Waals surface area contributed by atoms with Crippen molar-refractivity contribution in [3.05, 3.63) is 236 Å². The number of benzene rings is 6. The van der Waals surface area contributed by atoms with Crippen LogP contribution in [-0.4, -0.2) is 24.5 Å². The van der Waals surface area contributed by atoms with E-state index < -0.39 is 0 Å². The second-order valence-electron chi connectivity index (χ2n) is 15.5. The maximum atomic E-state index is 5.27. The van der Waals surface area contributed by atoms with Crippen LogP contribution in [0.5, 0.6) is 0 Å². The maximum absolute atomic E-state index is 5.27.